The molecule has 1 N–H and O–H groups in total. The number of amides is 1. The summed E-state index contributed by atoms with van der Waals surface area (Å²) in [5.74, 6) is 1.05. The van der Waals surface area contributed by atoms with Crippen LogP contribution in [-0.4, -0.2) is 17.5 Å². The van der Waals surface area contributed by atoms with Crippen LogP contribution in [0.2, 0.25) is 0 Å². The van der Waals surface area contributed by atoms with Gasteiger partial charge in [-0.05, 0) is 53.8 Å². The normalized spacial score (nSPS) is 11.3. The van der Waals surface area contributed by atoms with Gasteiger partial charge in [-0.25, -0.2) is 4.98 Å². The first-order chi connectivity index (χ1) is 16.7. The number of ether oxygens (including phenoxy) is 1. The van der Waals surface area contributed by atoms with Crippen molar-refractivity contribution in [2.75, 3.05) is 11.9 Å². The van der Waals surface area contributed by atoms with E-state index in [2.05, 4.69) is 18.3 Å². The summed E-state index contributed by atoms with van der Waals surface area (Å²) < 4.78 is 11.7. The SMILES string of the molecule is CCCOc1ccc(C=CC(=O)Nc2ccccc2-c2nc3c(ccc4ccccc43)o2)cc1. The Balaban J connectivity index is 1.36. The van der Waals surface area contributed by atoms with Crippen LogP contribution in [-0.2, 0) is 4.79 Å². The second-order valence-electron chi connectivity index (χ2n) is 7.94. The highest BCUT2D eigenvalue weighted by molar-refractivity contribution is 6.06. The molecule has 4 aromatic carbocycles. The zero-order chi connectivity index (χ0) is 23.3. The number of nitrogens with zero attached hydrogens (tertiary/aromatic N) is 1. The fraction of sp³-hybridized carbons (Fsp3) is 0.103. The predicted octanol–water partition coefficient (Wildman–Crippen LogP) is 7.09. The molecule has 0 saturated heterocycles. The average Bonchev–Trinajstić information content (AvgIpc) is 3.32. The zero-order valence-corrected chi connectivity index (χ0v) is 18.8. The lowest BCUT2D eigenvalue weighted by atomic mass is 10.1. The Morgan fingerprint density at radius 3 is 2.62 bits per heavy atom. The van der Waals surface area contributed by atoms with Gasteiger partial charge in [-0.3, -0.25) is 4.79 Å². The van der Waals surface area contributed by atoms with Crippen LogP contribution >= 0.6 is 0 Å². The number of benzene rings is 4. The summed E-state index contributed by atoms with van der Waals surface area (Å²) in [6.07, 6.45) is 4.24. The molecule has 5 heteroatoms. The van der Waals surface area contributed by atoms with E-state index < -0.39 is 0 Å². The van der Waals surface area contributed by atoms with Crippen molar-refractivity contribution in [1.29, 1.82) is 0 Å². The maximum Gasteiger partial charge on any atom is 0.248 e. The summed E-state index contributed by atoms with van der Waals surface area (Å²) in [5, 5.41) is 5.09. The lowest BCUT2D eigenvalue weighted by Crippen LogP contribution is -2.08. The monoisotopic (exact) mass is 448 g/mol. The number of oxazole rings is 1. The van der Waals surface area contributed by atoms with Crippen LogP contribution in [0.3, 0.4) is 0 Å². The molecule has 5 rings (SSSR count). The van der Waals surface area contributed by atoms with Gasteiger partial charge in [0.25, 0.3) is 0 Å². The standard InChI is InChI=1S/C29H24N2O3/c1-2-19-33-22-15-11-20(12-16-22)13-18-27(32)30-25-10-6-5-9-24(25)29-31-28-23-8-4-3-7-21(23)14-17-26(28)34-29/h3-18H,2,19H2,1H3,(H,30,32). The van der Waals surface area contributed by atoms with Gasteiger partial charge in [0.1, 0.15) is 11.3 Å². The molecule has 1 aromatic heterocycles. The minimum atomic E-state index is -0.236. The lowest BCUT2D eigenvalue weighted by Gasteiger charge is -2.07. The first kappa shape index (κ1) is 21.5. The first-order valence-electron chi connectivity index (χ1n) is 11.3. The van der Waals surface area contributed by atoms with E-state index >= 15 is 0 Å². The second-order valence-corrected chi connectivity index (χ2v) is 7.94. The van der Waals surface area contributed by atoms with Gasteiger partial charge in [0.05, 0.1) is 17.9 Å². The van der Waals surface area contributed by atoms with Crippen LogP contribution < -0.4 is 10.1 Å². The maximum absolute atomic E-state index is 12.7. The van der Waals surface area contributed by atoms with Crippen molar-refractivity contribution in [2.24, 2.45) is 0 Å². The van der Waals surface area contributed by atoms with Crippen LogP contribution in [0.15, 0.2) is 95.4 Å². The van der Waals surface area contributed by atoms with Gasteiger partial charge in [-0.2, -0.15) is 0 Å². The highest BCUT2D eigenvalue weighted by Crippen LogP contribution is 2.33. The van der Waals surface area contributed by atoms with E-state index in [1.54, 1.807) is 6.08 Å². The summed E-state index contributed by atoms with van der Waals surface area (Å²) in [6, 6.07) is 27.2. The molecule has 1 heterocycles. The largest absolute Gasteiger partial charge is 0.494 e. The number of carbonyl (C=O) groups excluding carboxylic acids is 1. The van der Waals surface area contributed by atoms with Crippen molar-refractivity contribution < 1.29 is 13.9 Å². The maximum atomic E-state index is 12.7. The van der Waals surface area contributed by atoms with Gasteiger partial charge in [-0.15, -0.1) is 0 Å². The molecule has 0 fully saturated rings. The van der Waals surface area contributed by atoms with Crippen molar-refractivity contribution >= 4 is 39.5 Å². The van der Waals surface area contributed by atoms with Crippen molar-refractivity contribution in [3.8, 4) is 17.2 Å². The molecule has 0 aliphatic heterocycles. The molecule has 168 valence electrons. The molecule has 0 aliphatic carbocycles. The number of para-hydroxylation sites is 1. The average molecular weight is 449 g/mol. The third-order valence-electron chi connectivity index (χ3n) is 5.48. The van der Waals surface area contributed by atoms with E-state index in [4.69, 9.17) is 14.1 Å². The molecule has 1 amide bonds. The van der Waals surface area contributed by atoms with E-state index in [1.165, 1.54) is 6.08 Å². The minimum Gasteiger partial charge on any atom is -0.494 e. The number of carbonyl (C=O) groups is 1. The molecule has 34 heavy (non-hydrogen) atoms. The Labute approximate surface area is 197 Å². The molecule has 0 unspecified atom stereocenters. The number of hydrogen-bond acceptors (Lipinski definition) is 4. The quantitative estimate of drug-likeness (QED) is 0.270. The fourth-order valence-corrected chi connectivity index (χ4v) is 3.80. The Kier molecular flexibility index (Phi) is 6.08. The van der Waals surface area contributed by atoms with Crippen LogP contribution in [0.5, 0.6) is 5.75 Å². The van der Waals surface area contributed by atoms with Crippen LogP contribution in [0.4, 0.5) is 5.69 Å². The van der Waals surface area contributed by atoms with E-state index in [0.29, 0.717) is 23.8 Å². The number of hydrogen-bond donors (Lipinski definition) is 1. The molecule has 0 atom stereocenters. The molecule has 0 bridgehead atoms. The third kappa shape index (κ3) is 4.55. The molecular weight excluding hydrogens is 424 g/mol. The van der Waals surface area contributed by atoms with Gasteiger partial charge in [0, 0.05) is 11.5 Å². The predicted molar refractivity (Wildman–Crippen MR) is 137 cm³/mol. The zero-order valence-electron chi connectivity index (χ0n) is 18.8. The number of anilines is 1. The van der Waals surface area contributed by atoms with Crippen molar-refractivity contribution in [1.82, 2.24) is 4.98 Å². The van der Waals surface area contributed by atoms with Crippen LogP contribution in [0.25, 0.3) is 39.4 Å². The Morgan fingerprint density at radius 1 is 0.971 bits per heavy atom. The fourth-order valence-electron chi connectivity index (χ4n) is 3.80. The number of rotatable bonds is 7. The van der Waals surface area contributed by atoms with Crippen molar-refractivity contribution in [3.05, 3.63) is 96.6 Å². The highest BCUT2D eigenvalue weighted by atomic mass is 16.5. The van der Waals surface area contributed by atoms with E-state index in [9.17, 15) is 4.79 Å². The summed E-state index contributed by atoms with van der Waals surface area (Å²) in [4.78, 5) is 17.4. The van der Waals surface area contributed by atoms with Gasteiger partial charge in [0.15, 0.2) is 5.58 Å². The molecule has 5 aromatic rings. The third-order valence-corrected chi connectivity index (χ3v) is 5.48. The Bertz CT molecular complexity index is 1480. The van der Waals surface area contributed by atoms with Gasteiger partial charge < -0.3 is 14.5 Å². The lowest BCUT2D eigenvalue weighted by molar-refractivity contribution is -0.111. The van der Waals surface area contributed by atoms with E-state index in [0.717, 1.165) is 39.6 Å². The molecular formula is C29H24N2O3. The summed E-state index contributed by atoms with van der Waals surface area (Å²) in [5.41, 5.74) is 3.79. The van der Waals surface area contributed by atoms with E-state index in [-0.39, 0.29) is 5.91 Å². The molecule has 0 saturated carbocycles. The van der Waals surface area contributed by atoms with E-state index in [1.807, 2.05) is 78.9 Å². The van der Waals surface area contributed by atoms with Gasteiger partial charge >= 0.3 is 0 Å². The highest BCUT2D eigenvalue weighted by Gasteiger charge is 2.14. The second kappa shape index (κ2) is 9.63. The molecule has 0 radical (unpaired) electrons. The summed E-state index contributed by atoms with van der Waals surface area (Å²) >= 11 is 0. The number of nitrogens with one attached hydrogen (secondary N) is 1. The molecule has 0 aliphatic rings. The summed E-state index contributed by atoms with van der Waals surface area (Å²) in [6.45, 7) is 2.76. The smallest absolute Gasteiger partial charge is 0.248 e. The Morgan fingerprint density at radius 2 is 1.76 bits per heavy atom. The van der Waals surface area contributed by atoms with Crippen LogP contribution in [0.1, 0.15) is 18.9 Å². The number of aromatic nitrogens is 1. The molecule has 0 spiro atoms. The topological polar surface area (TPSA) is 64.4 Å². The molecule has 5 nitrogen and oxygen atoms in total. The van der Waals surface area contributed by atoms with Crippen LogP contribution in [0, 0.1) is 0 Å². The first-order valence-corrected chi connectivity index (χ1v) is 11.3. The van der Waals surface area contributed by atoms with Gasteiger partial charge in [0.2, 0.25) is 11.8 Å². The minimum absolute atomic E-state index is 0.236. The van der Waals surface area contributed by atoms with Gasteiger partial charge in [-0.1, -0.05) is 61.5 Å². The van der Waals surface area contributed by atoms with Crippen molar-refractivity contribution in [2.45, 2.75) is 13.3 Å². The van der Waals surface area contributed by atoms with Crippen molar-refractivity contribution in [3.63, 3.8) is 0 Å². The summed E-state index contributed by atoms with van der Waals surface area (Å²) in [7, 11) is 0. The number of fused-ring (bicyclic) bond motifs is 3. The Hall–Kier alpha value is -4.38.